The van der Waals surface area contributed by atoms with Crippen molar-refractivity contribution in [2.45, 2.75) is 77.0 Å². The Morgan fingerprint density at radius 1 is 1.40 bits per heavy atom. The summed E-state index contributed by atoms with van der Waals surface area (Å²) in [6.45, 7) is 10.4. The molecule has 8 nitrogen and oxygen atoms in total. The third-order valence-electron chi connectivity index (χ3n) is 6.30. The number of epoxide rings is 1. The van der Waals surface area contributed by atoms with Crippen LogP contribution in [0.3, 0.4) is 0 Å². The Labute approximate surface area is 176 Å². The third kappa shape index (κ3) is 4.44. The fraction of sp³-hybridized carbons (Fsp3) is 0.682. The Kier molecular flexibility index (Phi) is 6.38. The molecule has 1 N–H and O–H groups in total. The van der Waals surface area contributed by atoms with Crippen LogP contribution in [0, 0.1) is 11.8 Å². The molecule has 1 aliphatic carbocycles. The lowest BCUT2D eigenvalue weighted by molar-refractivity contribution is -0.158. The van der Waals surface area contributed by atoms with E-state index in [9.17, 15) is 19.5 Å². The molecule has 0 spiro atoms. The van der Waals surface area contributed by atoms with E-state index in [4.69, 9.17) is 18.9 Å². The van der Waals surface area contributed by atoms with Crippen molar-refractivity contribution < 1.29 is 38.4 Å². The van der Waals surface area contributed by atoms with Crippen LogP contribution >= 0.6 is 0 Å². The van der Waals surface area contributed by atoms with Gasteiger partial charge in [0.05, 0.1) is 30.1 Å². The number of ether oxygens (including phenoxy) is 4. The van der Waals surface area contributed by atoms with Crippen LogP contribution in [0.1, 0.15) is 47.0 Å². The Morgan fingerprint density at radius 2 is 2.10 bits per heavy atom. The van der Waals surface area contributed by atoms with Crippen molar-refractivity contribution in [1.82, 2.24) is 0 Å². The summed E-state index contributed by atoms with van der Waals surface area (Å²) >= 11 is 0. The Hall–Kier alpha value is -2.19. The lowest BCUT2D eigenvalue weighted by Crippen LogP contribution is -2.39. The Morgan fingerprint density at radius 3 is 2.70 bits per heavy atom. The normalized spacial score (nSPS) is 38.3. The maximum absolute atomic E-state index is 12.6. The second kappa shape index (κ2) is 8.51. The number of hydrogen-bond donors (Lipinski definition) is 1. The lowest BCUT2D eigenvalue weighted by Gasteiger charge is -2.30. The molecule has 166 valence electrons. The molecule has 0 bridgehead atoms. The van der Waals surface area contributed by atoms with Crippen LogP contribution in [0.25, 0.3) is 0 Å². The molecule has 30 heavy (non-hydrogen) atoms. The number of aliphatic hydroxyl groups excluding tert-OH is 1. The van der Waals surface area contributed by atoms with E-state index in [0.717, 1.165) is 0 Å². The molecular formula is C22H30O8. The highest BCUT2D eigenvalue weighted by Crippen LogP contribution is 2.48. The summed E-state index contributed by atoms with van der Waals surface area (Å²) in [7, 11) is 0. The molecule has 2 aliphatic heterocycles. The highest BCUT2D eigenvalue weighted by Gasteiger charge is 2.58. The summed E-state index contributed by atoms with van der Waals surface area (Å²) in [6.07, 6.45) is 0.503. The van der Waals surface area contributed by atoms with Crippen molar-refractivity contribution in [3.8, 4) is 0 Å². The van der Waals surface area contributed by atoms with Gasteiger partial charge in [0, 0.05) is 25.3 Å². The Balaban J connectivity index is 2.00. The van der Waals surface area contributed by atoms with Gasteiger partial charge in [-0.3, -0.25) is 9.59 Å². The molecule has 0 radical (unpaired) electrons. The van der Waals surface area contributed by atoms with Crippen LogP contribution in [0.5, 0.6) is 0 Å². The molecule has 8 heteroatoms. The summed E-state index contributed by atoms with van der Waals surface area (Å²) < 4.78 is 22.6. The van der Waals surface area contributed by atoms with E-state index in [1.165, 1.54) is 6.92 Å². The van der Waals surface area contributed by atoms with Gasteiger partial charge in [-0.05, 0) is 25.0 Å². The monoisotopic (exact) mass is 422 g/mol. The number of aliphatic hydroxyl groups is 1. The van der Waals surface area contributed by atoms with Crippen molar-refractivity contribution in [1.29, 1.82) is 0 Å². The van der Waals surface area contributed by atoms with E-state index in [1.807, 2.05) is 13.8 Å². The molecule has 0 aromatic heterocycles. The van der Waals surface area contributed by atoms with E-state index in [1.54, 1.807) is 13.0 Å². The van der Waals surface area contributed by atoms with Crippen molar-refractivity contribution in [3.63, 3.8) is 0 Å². The van der Waals surface area contributed by atoms with Gasteiger partial charge < -0.3 is 24.1 Å². The van der Waals surface area contributed by atoms with Crippen molar-refractivity contribution in [2.24, 2.45) is 11.8 Å². The minimum atomic E-state index is -0.793. The standard InChI is InChI=1S/C22H30O8/c1-6-11(2)20(25)29-17-9-22(5)18(30-22)8-15(27-13(4)24)14(10-23)7-16-19(17)12(3)21(26)28-16/h7,11,15-19,23H,3,6,8-10H2,1-2,4-5H3/b14-7-/t11-,15-,16-,17+,18-,19-,22+/m0/s1. The predicted molar refractivity (Wildman–Crippen MR) is 105 cm³/mol. The van der Waals surface area contributed by atoms with Gasteiger partial charge in [-0.15, -0.1) is 0 Å². The van der Waals surface area contributed by atoms with E-state index in [2.05, 4.69) is 6.58 Å². The average Bonchev–Trinajstić information content (AvgIpc) is 3.21. The average molecular weight is 422 g/mol. The zero-order chi connectivity index (χ0) is 22.2. The zero-order valence-corrected chi connectivity index (χ0v) is 17.9. The first kappa shape index (κ1) is 22.5. The number of hydrogen-bond acceptors (Lipinski definition) is 8. The van der Waals surface area contributed by atoms with E-state index in [0.29, 0.717) is 24.8 Å². The molecule has 2 saturated heterocycles. The predicted octanol–water partition coefficient (Wildman–Crippen LogP) is 1.84. The molecule has 0 unspecified atom stereocenters. The van der Waals surface area contributed by atoms with E-state index < -0.39 is 41.8 Å². The molecular weight excluding hydrogens is 392 g/mol. The van der Waals surface area contributed by atoms with Gasteiger partial charge in [-0.25, -0.2) is 4.79 Å². The summed E-state index contributed by atoms with van der Waals surface area (Å²) in [5.74, 6) is -2.32. The third-order valence-corrected chi connectivity index (χ3v) is 6.30. The van der Waals surface area contributed by atoms with Crippen LogP contribution in [-0.4, -0.2) is 59.6 Å². The smallest absolute Gasteiger partial charge is 0.334 e. The molecule has 0 amide bonds. The van der Waals surface area contributed by atoms with Gasteiger partial charge in [0.1, 0.15) is 18.3 Å². The largest absolute Gasteiger partial charge is 0.461 e. The van der Waals surface area contributed by atoms with Crippen LogP contribution in [0.4, 0.5) is 0 Å². The van der Waals surface area contributed by atoms with Crippen molar-refractivity contribution >= 4 is 17.9 Å². The molecule has 7 atom stereocenters. The zero-order valence-electron chi connectivity index (χ0n) is 17.9. The molecule has 0 aromatic rings. The fourth-order valence-electron chi connectivity index (χ4n) is 4.16. The van der Waals surface area contributed by atoms with Crippen molar-refractivity contribution in [3.05, 3.63) is 23.8 Å². The molecule has 0 aromatic carbocycles. The number of esters is 3. The van der Waals surface area contributed by atoms with Crippen molar-refractivity contribution in [2.75, 3.05) is 6.61 Å². The quantitative estimate of drug-likeness (QED) is 0.235. The second-order valence-corrected chi connectivity index (χ2v) is 8.56. The van der Waals surface area contributed by atoms with Crippen LogP contribution < -0.4 is 0 Å². The SMILES string of the molecule is C=C1C(=O)O[C@H]2/C=C(/CO)[C@@H](OC(C)=O)C[C@@H]3O[C@]3(C)C[C@@H](OC(=O)[C@@H](C)CC)[C@@H]12. The molecule has 2 heterocycles. The van der Waals surface area contributed by atoms with Crippen LogP contribution in [0.15, 0.2) is 23.8 Å². The maximum Gasteiger partial charge on any atom is 0.334 e. The minimum Gasteiger partial charge on any atom is -0.461 e. The topological polar surface area (TPSA) is 112 Å². The second-order valence-electron chi connectivity index (χ2n) is 8.56. The summed E-state index contributed by atoms with van der Waals surface area (Å²) in [6, 6.07) is 0. The van der Waals surface area contributed by atoms with E-state index in [-0.39, 0.29) is 30.2 Å². The Bertz CT molecular complexity index is 771. The lowest BCUT2D eigenvalue weighted by atomic mass is 9.82. The first-order valence-electron chi connectivity index (χ1n) is 10.4. The van der Waals surface area contributed by atoms with E-state index >= 15 is 0 Å². The number of fused-ring (bicyclic) bond motifs is 2. The molecule has 0 saturated carbocycles. The fourth-order valence-corrected chi connectivity index (χ4v) is 4.16. The van der Waals surface area contributed by atoms with Gasteiger partial charge in [0.15, 0.2) is 0 Å². The molecule has 3 rings (SSSR count). The highest BCUT2D eigenvalue weighted by molar-refractivity contribution is 5.91. The summed E-state index contributed by atoms with van der Waals surface area (Å²) in [5.41, 5.74) is 0.00281. The van der Waals surface area contributed by atoms with Gasteiger partial charge in [0.25, 0.3) is 0 Å². The van der Waals surface area contributed by atoms with Crippen LogP contribution in [-0.2, 0) is 33.3 Å². The number of rotatable bonds is 5. The first-order chi connectivity index (χ1) is 14.1. The molecule has 2 fully saturated rings. The highest BCUT2D eigenvalue weighted by atomic mass is 16.6. The summed E-state index contributed by atoms with van der Waals surface area (Å²) in [4.78, 5) is 36.5. The first-order valence-corrected chi connectivity index (χ1v) is 10.4. The van der Waals surface area contributed by atoms with Crippen LogP contribution in [0.2, 0.25) is 0 Å². The number of carbonyl (C=O) groups excluding carboxylic acids is 3. The summed E-state index contributed by atoms with van der Waals surface area (Å²) in [5, 5.41) is 9.94. The minimum absolute atomic E-state index is 0.209. The number of carbonyl (C=O) groups is 3. The van der Waals surface area contributed by atoms with Gasteiger partial charge in [0.2, 0.25) is 0 Å². The molecule has 3 aliphatic rings. The van der Waals surface area contributed by atoms with Gasteiger partial charge >= 0.3 is 17.9 Å². The maximum atomic E-state index is 12.6. The van der Waals surface area contributed by atoms with Gasteiger partial charge in [-0.2, -0.15) is 0 Å². The van der Waals surface area contributed by atoms with Gasteiger partial charge in [-0.1, -0.05) is 20.4 Å².